The molecule has 0 fully saturated rings. The van der Waals surface area contributed by atoms with Crippen LogP contribution < -0.4 is 5.32 Å². The minimum absolute atomic E-state index is 0.0763. The van der Waals surface area contributed by atoms with Crippen molar-refractivity contribution in [3.05, 3.63) is 24.3 Å². The van der Waals surface area contributed by atoms with E-state index in [1.807, 2.05) is 0 Å². The van der Waals surface area contributed by atoms with Crippen LogP contribution in [0.2, 0.25) is 0 Å². The average Bonchev–Trinajstić information content (AvgIpc) is 3.34. The van der Waals surface area contributed by atoms with Crippen molar-refractivity contribution in [2.24, 2.45) is 0 Å². The van der Waals surface area contributed by atoms with Crippen LogP contribution in [-0.4, -0.2) is 46.9 Å². The van der Waals surface area contributed by atoms with Crippen molar-refractivity contribution in [3.8, 4) is 0 Å². The summed E-state index contributed by atoms with van der Waals surface area (Å²) in [5.41, 5.74) is 0. The van der Waals surface area contributed by atoms with Crippen molar-refractivity contribution in [2.75, 3.05) is 6.61 Å². The molecule has 3 atom stereocenters. The third-order valence-corrected chi connectivity index (χ3v) is 14.5. The van der Waals surface area contributed by atoms with E-state index in [0.29, 0.717) is 19.3 Å². The van der Waals surface area contributed by atoms with Crippen LogP contribution in [0, 0.1) is 0 Å². The van der Waals surface area contributed by atoms with Gasteiger partial charge in [0.2, 0.25) is 5.91 Å². The highest BCUT2D eigenvalue weighted by Crippen LogP contribution is 2.19. The van der Waals surface area contributed by atoms with E-state index in [4.69, 9.17) is 4.74 Å². The molecule has 6 nitrogen and oxygen atoms in total. The van der Waals surface area contributed by atoms with Crippen LogP contribution in [0.25, 0.3) is 0 Å². The molecule has 0 aliphatic carbocycles. The molecule has 69 heavy (non-hydrogen) atoms. The Morgan fingerprint density at radius 3 is 1.03 bits per heavy atom. The number of carbonyl (C=O) groups excluding carboxylic acids is 2. The fourth-order valence-electron chi connectivity index (χ4n) is 9.78. The highest BCUT2D eigenvalue weighted by molar-refractivity contribution is 5.77. The van der Waals surface area contributed by atoms with Crippen LogP contribution in [0.15, 0.2) is 24.3 Å². The highest BCUT2D eigenvalue weighted by atomic mass is 16.5. The molecule has 0 aromatic heterocycles. The molecular weight excluding hydrogens is 851 g/mol. The van der Waals surface area contributed by atoms with Crippen molar-refractivity contribution >= 4 is 11.9 Å². The zero-order chi connectivity index (χ0) is 50.2. The number of aliphatic hydroxyl groups is 2. The standard InChI is InChI=1S/C63H121NO5/c1-4-7-10-13-16-19-22-25-28-30-31-32-35-38-41-44-47-50-53-56-63(68)69-59(54-51-48-45-42-39-36-33-27-24-21-18-15-12-9-6-3)57-62(67)64-60(58-65)61(66)55-52-49-46-43-40-37-34-29-26-23-20-17-14-11-8-5-2/h25,27-28,33,59-61,65-66H,4-24,26,29-32,34-58H2,1-3H3,(H,64,67)/b28-25+,33-27+. The van der Waals surface area contributed by atoms with Gasteiger partial charge in [-0.2, -0.15) is 0 Å². The van der Waals surface area contributed by atoms with Crippen LogP contribution in [0.4, 0.5) is 0 Å². The first-order chi connectivity index (χ1) is 34.0. The molecule has 0 radical (unpaired) electrons. The number of aliphatic hydroxyl groups excluding tert-OH is 2. The van der Waals surface area contributed by atoms with Crippen molar-refractivity contribution < 1.29 is 24.5 Å². The predicted octanol–water partition coefficient (Wildman–Crippen LogP) is 19.4. The second kappa shape index (κ2) is 57.2. The number of unbranched alkanes of at least 4 members (excludes halogenated alkanes) is 41. The van der Waals surface area contributed by atoms with E-state index in [-0.39, 0.29) is 24.9 Å². The Morgan fingerprint density at radius 1 is 0.406 bits per heavy atom. The fourth-order valence-corrected chi connectivity index (χ4v) is 9.78. The summed E-state index contributed by atoms with van der Waals surface area (Å²) in [6.07, 6.45) is 68.2. The van der Waals surface area contributed by atoms with Gasteiger partial charge in [-0.15, -0.1) is 0 Å². The summed E-state index contributed by atoms with van der Waals surface area (Å²) >= 11 is 0. The predicted molar refractivity (Wildman–Crippen MR) is 301 cm³/mol. The molecule has 0 aliphatic rings. The SMILES string of the molecule is CCCCCCCC/C=C/CCCCCCCCCCCC(=O)OC(CCCCCCC/C=C/CCCCCCCC)CC(=O)NC(CO)C(O)CCCCCCCCCCCCCCCCCC. The van der Waals surface area contributed by atoms with Gasteiger partial charge in [0.05, 0.1) is 25.2 Å². The van der Waals surface area contributed by atoms with Gasteiger partial charge in [-0.3, -0.25) is 9.59 Å². The first-order valence-corrected chi connectivity index (χ1v) is 31.1. The Kier molecular flexibility index (Phi) is 55.9. The van der Waals surface area contributed by atoms with E-state index < -0.39 is 18.2 Å². The van der Waals surface area contributed by atoms with Gasteiger partial charge in [0, 0.05) is 6.42 Å². The van der Waals surface area contributed by atoms with E-state index in [1.54, 1.807) is 0 Å². The molecule has 0 bridgehead atoms. The molecule has 0 aromatic carbocycles. The molecule has 0 spiro atoms. The third kappa shape index (κ3) is 52.5. The number of nitrogens with one attached hydrogen (secondary N) is 1. The molecule has 408 valence electrons. The molecule has 0 saturated heterocycles. The lowest BCUT2D eigenvalue weighted by Crippen LogP contribution is -2.46. The Bertz CT molecular complexity index is 1090. The lowest BCUT2D eigenvalue weighted by atomic mass is 10.0. The number of ether oxygens (including phenoxy) is 1. The summed E-state index contributed by atoms with van der Waals surface area (Å²) in [4.78, 5) is 26.3. The topological polar surface area (TPSA) is 95.9 Å². The number of amides is 1. The maximum absolute atomic E-state index is 13.3. The van der Waals surface area contributed by atoms with Crippen LogP contribution in [0.3, 0.4) is 0 Å². The van der Waals surface area contributed by atoms with Gasteiger partial charge >= 0.3 is 5.97 Å². The van der Waals surface area contributed by atoms with Crippen LogP contribution in [0.1, 0.15) is 342 Å². The fraction of sp³-hybridized carbons (Fsp3) is 0.905. The lowest BCUT2D eigenvalue weighted by molar-refractivity contribution is -0.151. The zero-order valence-corrected chi connectivity index (χ0v) is 46.7. The van der Waals surface area contributed by atoms with E-state index in [9.17, 15) is 19.8 Å². The zero-order valence-electron chi connectivity index (χ0n) is 46.7. The number of hydrogen-bond donors (Lipinski definition) is 3. The average molecular weight is 973 g/mol. The lowest BCUT2D eigenvalue weighted by Gasteiger charge is -2.24. The van der Waals surface area contributed by atoms with Gasteiger partial charge in [-0.1, -0.05) is 276 Å². The van der Waals surface area contributed by atoms with E-state index in [0.717, 1.165) is 57.8 Å². The normalized spacial score (nSPS) is 13.2. The van der Waals surface area contributed by atoms with E-state index in [1.165, 1.54) is 238 Å². The Hall–Kier alpha value is -1.66. The monoisotopic (exact) mass is 972 g/mol. The highest BCUT2D eigenvalue weighted by Gasteiger charge is 2.24. The molecule has 0 saturated carbocycles. The number of allylic oxidation sites excluding steroid dienone is 4. The first kappa shape index (κ1) is 67.3. The van der Waals surface area contributed by atoms with E-state index >= 15 is 0 Å². The number of rotatable bonds is 57. The van der Waals surface area contributed by atoms with Gasteiger partial charge in [-0.25, -0.2) is 0 Å². The summed E-state index contributed by atoms with van der Waals surface area (Å²) in [6.45, 7) is 6.52. The molecule has 3 unspecified atom stereocenters. The van der Waals surface area contributed by atoms with Crippen molar-refractivity contribution in [3.63, 3.8) is 0 Å². The van der Waals surface area contributed by atoms with Gasteiger partial charge in [-0.05, 0) is 77.0 Å². The minimum Gasteiger partial charge on any atom is -0.462 e. The van der Waals surface area contributed by atoms with Gasteiger partial charge in [0.15, 0.2) is 0 Å². The molecule has 0 rings (SSSR count). The summed E-state index contributed by atoms with van der Waals surface area (Å²) < 4.78 is 5.98. The molecular formula is C63H121NO5. The molecule has 0 heterocycles. The third-order valence-electron chi connectivity index (χ3n) is 14.5. The summed E-state index contributed by atoms with van der Waals surface area (Å²) in [5.74, 6) is -0.464. The van der Waals surface area contributed by atoms with Crippen LogP contribution >= 0.6 is 0 Å². The smallest absolute Gasteiger partial charge is 0.306 e. The quantitative estimate of drug-likeness (QED) is 0.0321. The van der Waals surface area contributed by atoms with Crippen LogP contribution in [-0.2, 0) is 14.3 Å². The second-order valence-corrected chi connectivity index (χ2v) is 21.5. The Balaban J connectivity index is 4.50. The Labute approximate surface area is 431 Å². The van der Waals surface area contributed by atoms with E-state index in [2.05, 4.69) is 50.4 Å². The Morgan fingerprint density at radius 2 is 0.696 bits per heavy atom. The van der Waals surface area contributed by atoms with Gasteiger partial charge in [0.25, 0.3) is 0 Å². The maximum Gasteiger partial charge on any atom is 0.306 e. The summed E-state index contributed by atoms with van der Waals surface area (Å²) in [5, 5.41) is 23.9. The van der Waals surface area contributed by atoms with Crippen molar-refractivity contribution in [1.29, 1.82) is 0 Å². The van der Waals surface area contributed by atoms with Gasteiger partial charge in [0.1, 0.15) is 6.10 Å². The number of esters is 1. The number of hydrogen-bond acceptors (Lipinski definition) is 5. The summed E-state index contributed by atoms with van der Waals surface area (Å²) in [6, 6.07) is -0.702. The first-order valence-electron chi connectivity index (χ1n) is 31.1. The largest absolute Gasteiger partial charge is 0.462 e. The van der Waals surface area contributed by atoms with Crippen molar-refractivity contribution in [1.82, 2.24) is 5.32 Å². The molecule has 0 aromatic rings. The minimum atomic E-state index is -0.788. The molecule has 6 heteroatoms. The summed E-state index contributed by atoms with van der Waals surface area (Å²) in [7, 11) is 0. The van der Waals surface area contributed by atoms with Gasteiger partial charge < -0.3 is 20.3 Å². The molecule has 3 N–H and O–H groups in total. The molecule has 1 amide bonds. The number of carbonyl (C=O) groups is 2. The molecule has 0 aliphatic heterocycles. The van der Waals surface area contributed by atoms with Crippen molar-refractivity contribution in [2.45, 2.75) is 360 Å². The van der Waals surface area contributed by atoms with Crippen LogP contribution in [0.5, 0.6) is 0 Å². The maximum atomic E-state index is 13.3. The second-order valence-electron chi connectivity index (χ2n) is 21.5.